The lowest BCUT2D eigenvalue weighted by molar-refractivity contribution is 0.941. The quantitative estimate of drug-likeness (QED) is 0.365. The highest BCUT2D eigenvalue weighted by Crippen LogP contribution is 2.01. The molecule has 0 bridgehead atoms. The summed E-state index contributed by atoms with van der Waals surface area (Å²) in [5, 5.41) is 0.114. The third-order valence-electron chi connectivity index (χ3n) is 1.51. The first-order valence-electron chi connectivity index (χ1n) is 4.49. The van der Waals surface area contributed by atoms with Crippen molar-refractivity contribution >= 4 is 17.3 Å². The summed E-state index contributed by atoms with van der Waals surface area (Å²) in [6.45, 7) is 10.4. The third kappa shape index (κ3) is 7.79. The van der Waals surface area contributed by atoms with Crippen LogP contribution in [0, 0.1) is 0 Å². The summed E-state index contributed by atoms with van der Waals surface area (Å²) in [6.07, 6.45) is 4.88. The summed E-state index contributed by atoms with van der Waals surface area (Å²) in [4.78, 5) is 4.32. The van der Waals surface area contributed by atoms with Crippen LogP contribution >= 0.6 is 11.6 Å². The van der Waals surface area contributed by atoms with Gasteiger partial charge in [-0.3, -0.25) is 4.99 Å². The molecular formula is C11H18ClN. The van der Waals surface area contributed by atoms with E-state index in [1.807, 2.05) is 19.9 Å². The zero-order valence-corrected chi connectivity index (χ0v) is 9.43. The number of aliphatic imine (C=N–C) groups is 1. The van der Waals surface area contributed by atoms with Crippen molar-refractivity contribution in [3.05, 3.63) is 24.3 Å². The van der Waals surface area contributed by atoms with E-state index in [9.17, 15) is 0 Å². The van der Waals surface area contributed by atoms with E-state index in [-0.39, 0.29) is 5.38 Å². The zero-order chi connectivity index (χ0) is 10.3. The maximum absolute atomic E-state index is 5.78. The lowest BCUT2D eigenvalue weighted by atomic mass is 10.2. The molecule has 0 saturated heterocycles. The number of hydrogen-bond acceptors (Lipinski definition) is 1. The summed E-state index contributed by atoms with van der Waals surface area (Å²) in [5.74, 6) is 0. The highest BCUT2D eigenvalue weighted by atomic mass is 35.5. The number of nitrogens with zero attached hydrogens (tertiary/aromatic N) is 1. The first-order chi connectivity index (χ1) is 6.06. The number of alkyl halides is 1. The Morgan fingerprint density at radius 3 is 2.62 bits per heavy atom. The van der Waals surface area contributed by atoms with Gasteiger partial charge in [-0.15, -0.1) is 18.2 Å². The Balaban J connectivity index is 4.10. The van der Waals surface area contributed by atoms with Gasteiger partial charge in [0.1, 0.15) is 0 Å². The molecule has 0 amide bonds. The van der Waals surface area contributed by atoms with Crippen LogP contribution in [-0.2, 0) is 0 Å². The summed E-state index contributed by atoms with van der Waals surface area (Å²) in [5.41, 5.74) is 2.31. The Morgan fingerprint density at radius 2 is 2.15 bits per heavy atom. The van der Waals surface area contributed by atoms with Crippen LogP contribution in [0.2, 0.25) is 0 Å². The second-order valence-electron chi connectivity index (χ2n) is 3.25. The van der Waals surface area contributed by atoms with Crippen molar-refractivity contribution < 1.29 is 0 Å². The van der Waals surface area contributed by atoms with Crippen LogP contribution in [0.1, 0.15) is 27.2 Å². The normalized spacial score (nSPS) is 15.7. The summed E-state index contributed by atoms with van der Waals surface area (Å²) >= 11 is 5.78. The minimum atomic E-state index is 0.114. The Morgan fingerprint density at radius 1 is 1.54 bits per heavy atom. The number of rotatable bonds is 5. The number of halogens is 1. The number of hydrogen-bond donors (Lipinski definition) is 0. The van der Waals surface area contributed by atoms with Gasteiger partial charge in [-0.1, -0.05) is 11.6 Å². The Labute approximate surface area is 86.2 Å². The molecule has 0 heterocycles. The van der Waals surface area contributed by atoms with Gasteiger partial charge in [0, 0.05) is 5.71 Å². The average Bonchev–Trinajstić information content (AvgIpc) is 2.01. The molecule has 0 aromatic heterocycles. The molecule has 1 nitrogen and oxygen atoms in total. The highest BCUT2D eigenvalue weighted by Gasteiger charge is 1.93. The second kappa shape index (κ2) is 6.90. The molecule has 0 aliphatic rings. The van der Waals surface area contributed by atoms with Gasteiger partial charge in [0.05, 0.1) is 11.9 Å². The first-order valence-corrected chi connectivity index (χ1v) is 4.93. The monoisotopic (exact) mass is 199 g/mol. The van der Waals surface area contributed by atoms with E-state index >= 15 is 0 Å². The second-order valence-corrected chi connectivity index (χ2v) is 3.99. The average molecular weight is 200 g/mol. The van der Waals surface area contributed by atoms with Gasteiger partial charge in [0.2, 0.25) is 0 Å². The zero-order valence-electron chi connectivity index (χ0n) is 8.68. The SMILES string of the molecule is C=CC/C(C)=C/C(C)=NCC(C)Cl. The van der Waals surface area contributed by atoms with Crippen LogP contribution in [0.25, 0.3) is 0 Å². The van der Waals surface area contributed by atoms with E-state index < -0.39 is 0 Å². The lowest BCUT2D eigenvalue weighted by Gasteiger charge is -1.99. The molecule has 74 valence electrons. The van der Waals surface area contributed by atoms with Gasteiger partial charge >= 0.3 is 0 Å². The van der Waals surface area contributed by atoms with Crippen molar-refractivity contribution in [2.75, 3.05) is 6.54 Å². The molecule has 0 aromatic carbocycles. The molecular weight excluding hydrogens is 182 g/mol. The molecule has 0 aliphatic carbocycles. The molecule has 0 aliphatic heterocycles. The van der Waals surface area contributed by atoms with Crippen molar-refractivity contribution in [1.29, 1.82) is 0 Å². The van der Waals surface area contributed by atoms with Gasteiger partial charge in [0.25, 0.3) is 0 Å². The van der Waals surface area contributed by atoms with Crippen LogP contribution in [0.15, 0.2) is 29.3 Å². The predicted molar refractivity (Wildman–Crippen MR) is 61.9 cm³/mol. The fourth-order valence-corrected chi connectivity index (χ4v) is 1.03. The molecule has 1 unspecified atom stereocenters. The molecule has 0 radical (unpaired) electrons. The standard InChI is InChI=1S/C11H18ClN/c1-5-6-9(2)7-11(4)13-8-10(3)12/h5,7,10H,1,6,8H2,2-4H3/b9-7+,13-11?. The van der Waals surface area contributed by atoms with Crippen LogP contribution < -0.4 is 0 Å². The molecule has 0 fully saturated rings. The molecule has 13 heavy (non-hydrogen) atoms. The smallest absolute Gasteiger partial charge is 0.0553 e. The largest absolute Gasteiger partial charge is 0.289 e. The van der Waals surface area contributed by atoms with Crippen molar-refractivity contribution in [1.82, 2.24) is 0 Å². The van der Waals surface area contributed by atoms with Crippen molar-refractivity contribution in [3.8, 4) is 0 Å². The van der Waals surface area contributed by atoms with Crippen molar-refractivity contribution in [2.24, 2.45) is 4.99 Å². The minimum Gasteiger partial charge on any atom is -0.289 e. The van der Waals surface area contributed by atoms with Crippen LogP contribution in [0.5, 0.6) is 0 Å². The predicted octanol–water partition coefficient (Wildman–Crippen LogP) is 3.60. The van der Waals surface area contributed by atoms with E-state index in [2.05, 4.69) is 24.6 Å². The maximum Gasteiger partial charge on any atom is 0.0553 e. The van der Waals surface area contributed by atoms with Gasteiger partial charge in [-0.25, -0.2) is 0 Å². The summed E-state index contributed by atoms with van der Waals surface area (Å²) < 4.78 is 0. The molecule has 1 atom stereocenters. The van der Waals surface area contributed by atoms with E-state index in [0.717, 1.165) is 12.1 Å². The fourth-order valence-electron chi connectivity index (χ4n) is 0.959. The van der Waals surface area contributed by atoms with E-state index in [4.69, 9.17) is 11.6 Å². The molecule has 0 saturated carbocycles. The van der Waals surface area contributed by atoms with Crippen molar-refractivity contribution in [3.63, 3.8) is 0 Å². The van der Waals surface area contributed by atoms with Crippen LogP contribution in [0.3, 0.4) is 0 Å². The molecule has 0 rings (SSSR count). The maximum atomic E-state index is 5.78. The Bertz CT molecular complexity index is 214. The molecule has 0 aromatic rings. The van der Waals surface area contributed by atoms with E-state index in [1.54, 1.807) is 0 Å². The van der Waals surface area contributed by atoms with Gasteiger partial charge in [0.15, 0.2) is 0 Å². The highest BCUT2D eigenvalue weighted by molar-refractivity contribution is 6.20. The third-order valence-corrected chi connectivity index (χ3v) is 1.65. The van der Waals surface area contributed by atoms with Crippen molar-refractivity contribution in [2.45, 2.75) is 32.6 Å². The van der Waals surface area contributed by atoms with Gasteiger partial charge in [-0.2, -0.15) is 0 Å². The van der Waals surface area contributed by atoms with E-state index in [1.165, 1.54) is 5.57 Å². The molecule has 0 spiro atoms. The van der Waals surface area contributed by atoms with Crippen LogP contribution in [-0.4, -0.2) is 17.6 Å². The summed E-state index contributed by atoms with van der Waals surface area (Å²) in [7, 11) is 0. The Kier molecular flexibility index (Phi) is 6.61. The molecule has 2 heteroatoms. The topological polar surface area (TPSA) is 12.4 Å². The molecule has 0 N–H and O–H groups in total. The summed E-state index contributed by atoms with van der Waals surface area (Å²) in [6, 6.07) is 0. The lowest BCUT2D eigenvalue weighted by Crippen LogP contribution is -1.99. The van der Waals surface area contributed by atoms with Crippen LogP contribution in [0.4, 0.5) is 0 Å². The Hall–Kier alpha value is -0.560. The minimum absolute atomic E-state index is 0.114. The van der Waals surface area contributed by atoms with Gasteiger partial charge < -0.3 is 0 Å². The van der Waals surface area contributed by atoms with Gasteiger partial charge in [-0.05, 0) is 33.3 Å². The number of allylic oxidation sites excluding steroid dienone is 3. The first kappa shape index (κ1) is 12.4. The fraction of sp³-hybridized carbons (Fsp3) is 0.545. The van der Waals surface area contributed by atoms with E-state index in [0.29, 0.717) is 6.54 Å².